The fourth-order valence-corrected chi connectivity index (χ4v) is 2.78. The van der Waals surface area contributed by atoms with E-state index >= 15 is 0 Å². The molecular weight excluding hydrogens is 364 g/mol. The van der Waals surface area contributed by atoms with Crippen LogP contribution in [0.25, 0.3) is 0 Å². The smallest absolute Gasteiger partial charge is 0.253 e. The molecule has 1 N–H and O–H groups in total. The van der Waals surface area contributed by atoms with Crippen LogP contribution in [0.5, 0.6) is 5.75 Å². The predicted molar refractivity (Wildman–Crippen MR) is 109 cm³/mol. The lowest BCUT2D eigenvalue weighted by atomic mass is 10.1. The van der Waals surface area contributed by atoms with Crippen LogP contribution in [0.2, 0.25) is 5.02 Å². The van der Waals surface area contributed by atoms with E-state index in [4.69, 9.17) is 16.3 Å². The number of rotatable bonds is 9. The number of amides is 2. The summed E-state index contributed by atoms with van der Waals surface area (Å²) in [5.41, 5.74) is 1.29. The van der Waals surface area contributed by atoms with E-state index in [2.05, 4.69) is 5.32 Å². The van der Waals surface area contributed by atoms with Gasteiger partial charge in [0, 0.05) is 30.8 Å². The van der Waals surface area contributed by atoms with Gasteiger partial charge >= 0.3 is 0 Å². The number of carbonyl (C=O) groups excluding carboxylic acids is 2. The highest BCUT2D eigenvalue weighted by molar-refractivity contribution is 6.32. The van der Waals surface area contributed by atoms with E-state index < -0.39 is 0 Å². The second kappa shape index (κ2) is 10.6. The monoisotopic (exact) mass is 388 g/mol. The molecule has 0 heterocycles. The third kappa shape index (κ3) is 6.29. The van der Waals surface area contributed by atoms with Crippen LogP contribution in [0.3, 0.4) is 0 Å². The summed E-state index contributed by atoms with van der Waals surface area (Å²) in [6, 6.07) is 14.2. The summed E-state index contributed by atoms with van der Waals surface area (Å²) >= 11 is 6.01. The molecule has 2 amide bonds. The van der Waals surface area contributed by atoms with Crippen molar-refractivity contribution in [2.45, 2.75) is 26.7 Å². The van der Waals surface area contributed by atoms with Crippen molar-refractivity contribution in [2.24, 2.45) is 0 Å². The van der Waals surface area contributed by atoms with Gasteiger partial charge in [-0.1, -0.05) is 23.7 Å². The number of carbonyl (C=O) groups is 2. The number of anilines is 1. The second-order valence-corrected chi connectivity index (χ2v) is 6.39. The van der Waals surface area contributed by atoms with Crippen molar-refractivity contribution < 1.29 is 14.3 Å². The maximum absolute atomic E-state index is 12.3. The van der Waals surface area contributed by atoms with Gasteiger partial charge in [-0.3, -0.25) is 9.59 Å². The van der Waals surface area contributed by atoms with Crippen LogP contribution >= 0.6 is 11.6 Å². The Kier molecular flexibility index (Phi) is 8.14. The Morgan fingerprint density at radius 1 is 1.04 bits per heavy atom. The van der Waals surface area contributed by atoms with Gasteiger partial charge in [0.15, 0.2) is 0 Å². The number of benzene rings is 2. The highest BCUT2D eigenvalue weighted by Crippen LogP contribution is 2.23. The van der Waals surface area contributed by atoms with Gasteiger partial charge in [0.05, 0.1) is 11.6 Å². The number of nitrogens with one attached hydrogen (secondary N) is 1. The maximum Gasteiger partial charge on any atom is 0.253 e. The minimum absolute atomic E-state index is 0.00500. The van der Waals surface area contributed by atoms with E-state index in [9.17, 15) is 9.59 Å². The summed E-state index contributed by atoms with van der Waals surface area (Å²) in [4.78, 5) is 26.1. The highest BCUT2D eigenvalue weighted by atomic mass is 35.5. The molecule has 0 aliphatic rings. The number of halogens is 1. The van der Waals surface area contributed by atoms with Crippen LogP contribution in [0.1, 0.15) is 37.0 Å². The lowest BCUT2D eigenvalue weighted by Crippen LogP contribution is -2.30. The summed E-state index contributed by atoms with van der Waals surface area (Å²) in [5, 5.41) is 3.39. The first kappa shape index (κ1) is 20.8. The van der Waals surface area contributed by atoms with Crippen LogP contribution in [-0.2, 0) is 4.79 Å². The van der Waals surface area contributed by atoms with Gasteiger partial charge in [0.1, 0.15) is 5.75 Å². The number of nitrogens with zero attached hydrogens (tertiary/aromatic N) is 1. The number of para-hydroxylation sites is 1. The lowest BCUT2D eigenvalue weighted by molar-refractivity contribution is -0.116. The summed E-state index contributed by atoms with van der Waals surface area (Å²) in [7, 11) is 0. The summed E-state index contributed by atoms with van der Waals surface area (Å²) in [5.74, 6) is 0.517. The number of hydrogen-bond acceptors (Lipinski definition) is 3. The first-order valence-corrected chi connectivity index (χ1v) is 9.49. The third-order valence-electron chi connectivity index (χ3n) is 4.11. The molecule has 0 aromatic heterocycles. The van der Waals surface area contributed by atoms with E-state index in [0.717, 1.165) is 0 Å². The predicted octanol–water partition coefficient (Wildman–Crippen LogP) is 4.62. The van der Waals surface area contributed by atoms with E-state index in [1.165, 1.54) is 0 Å². The van der Waals surface area contributed by atoms with Gasteiger partial charge in [-0.2, -0.15) is 0 Å². The number of ether oxygens (including phenoxy) is 1. The molecule has 144 valence electrons. The fourth-order valence-electron chi connectivity index (χ4n) is 2.59. The van der Waals surface area contributed by atoms with Gasteiger partial charge in [0.25, 0.3) is 5.91 Å². The molecule has 0 spiro atoms. The molecule has 0 atom stereocenters. The van der Waals surface area contributed by atoms with Crippen molar-refractivity contribution in [3.8, 4) is 5.75 Å². The van der Waals surface area contributed by atoms with E-state index in [0.29, 0.717) is 54.6 Å². The van der Waals surface area contributed by atoms with Crippen LogP contribution < -0.4 is 10.1 Å². The molecule has 27 heavy (non-hydrogen) atoms. The number of hydrogen-bond donors (Lipinski definition) is 1. The highest BCUT2D eigenvalue weighted by Gasteiger charge is 2.12. The summed E-state index contributed by atoms with van der Waals surface area (Å²) in [6.45, 7) is 5.65. The zero-order valence-electron chi connectivity index (χ0n) is 15.7. The Balaban J connectivity index is 1.77. The molecule has 0 unspecified atom stereocenters. The average molecular weight is 389 g/mol. The standard InChI is InChI=1S/C21H25ClN2O3/c1-3-24(4-2)21(26)16-11-13-17(14-12-16)23-20(25)10-7-15-27-19-9-6-5-8-18(19)22/h5-6,8-9,11-14H,3-4,7,10,15H2,1-2H3,(H,23,25). The van der Waals surface area contributed by atoms with Crippen LogP contribution in [0.4, 0.5) is 5.69 Å². The Bertz CT molecular complexity index is 758. The van der Waals surface area contributed by atoms with Crippen LogP contribution in [0.15, 0.2) is 48.5 Å². The van der Waals surface area contributed by atoms with Crippen LogP contribution in [0, 0.1) is 0 Å². The van der Waals surface area contributed by atoms with E-state index in [1.54, 1.807) is 41.3 Å². The minimum atomic E-state index is -0.0967. The molecule has 0 saturated heterocycles. The lowest BCUT2D eigenvalue weighted by Gasteiger charge is -2.18. The van der Waals surface area contributed by atoms with Crippen LogP contribution in [-0.4, -0.2) is 36.4 Å². The van der Waals surface area contributed by atoms with Crippen molar-refractivity contribution >= 4 is 29.1 Å². The Hall–Kier alpha value is -2.53. The van der Waals surface area contributed by atoms with Gasteiger partial charge in [0.2, 0.25) is 5.91 Å². The molecule has 2 aromatic carbocycles. The van der Waals surface area contributed by atoms with Gasteiger partial charge in [-0.25, -0.2) is 0 Å². The van der Waals surface area contributed by atoms with Crippen molar-refractivity contribution in [1.82, 2.24) is 4.90 Å². The minimum Gasteiger partial charge on any atom is -0.492 e. The third-order valence-corrected chi connectivity index (χ3v) is 4.42. The SMILES string of the molecule is CCN(CC)C(=O)c1ccc(NC(=O)CCCOc2ccccc2Cl)cc1. The van der Waals surface area contributed by atoms with Gasteiger partial charge in [-0.15, -0.1) is 0 Å². The Labute approximate surface area is 165 Å². The average Bonchev–Trinajstić information content (AvgIpc) is 2.68. The molecule has 0 aliphatic heterocycles. The molecule has 6 heteroatoms. The Morgan fingerprint density at radius 3 is 2.33 bits per heavy atom. The molecule has 2 rings (SSSR count). The quantitative estimate of drug-likeness (QED) is 0.637. The molecule has 0 aliphatic carbocycles. The van der Waals surface area contributed by atoms with E-state index in [-0.39, 0.29) is 11.8 Å². The maximum atomic E-state index is 12.3. The molecule has 0 fully saturated rings. The molecule has 0 bridgehead atoms. The zero-order valence-corrected chi connectivity index (χ0v) is 16.5. The van der Waals surface area contributed by atoms with Gasteiger partial charge < -0.3 is 15.0 Å². The summed E-state index contributed by atoms with van der Waals surface area (Å²) < 4.78 is 5.57. The normalized spacial score (nSPS) is 10.3. The van der Waals surface area contributed by atoms with Crippen molar-refractivity contribution in [2.75, 3.05) is 25.0 Å². The summed E-state index contributed by atoms with van der Waals surface area (Å²) in [6.07, 6.45) is 0.917. The zero-order chi connectivity index (χ0) is 19.6. The molecule has 2 aromatic rings. The molecule has 0 radical (unpaired) electrons. The second-order valence-electron chi connectivity index (χ2n) is 5.99. The largest absolute Gasteiger partial charge is 0.492 e. The first-order valence-electron chi connectivity index (χ1n) is 9.11. The van der Waals surface area contributed by atoms with Gasteiger partial charge in [-0.05, 0) is 56.7 Å². The molecular formula is C21H25ClN2O3. The van der Waals surface area contributed by atoms with Crippen molar-refractivity contribution in [3.63, 3.8) is 0 Å². The Morgan fingerprint density at radius 2 is 1.70 bits per heavy atom. The topological polar surface area (TPSA) is 58.6 Å². The first-order chi connectivity index (χ1) is 13.0. The molecule has 0 saturated carbocycles. The van der Waals surface area contributed by atoms with E-state index in [1.807, 2.05) is 26.0 Å². The fraction of sp³-hybridized carbons (Fsp3) is 0.333. The van der Waals surface area contributed by atoms with Crippen molar-refractivity contribution in [1.29, 1.82) is 0 Å². The molecule has 5 nitrogen and oxygen atoms in total. The van der Waals surface area contributed by atoms with Crippen molar-refractivity contribution in [3.05, 3.63) is 59.1 Å².